The minimum Gasteiger partial charge on any atom is -0.477 e. The molecule has 416 valence electrons. The number of esters is 2. The third kappa shape index (κ3) is 12.5. The van der Waals surface area contributed by atoms with Crippen LogP contribution >= 0.6 is 0 Å². The zero-order valence-corrected chi connectivity index (χ0v) is 45.3. The first-order valence-electron chi connectivity index (χ1n) is 26.6. The van der Waals surface area contributed by atoms with E-state index in [1.165, 1.54) is 13.3 Å². The van der Waals surface area contributed by atoms with Crippen LogP contribution in [0.5, 0.6) is 0 Å². The number of likely N-dealkylation sites (N-methyl/N-ethyl adjacent to an activating group) is 2. The molecule has 0 bridgehead atoms. The standard InChI is InChI=1S/C54H84N4O16/c1-29-24-52(6,66)47(74-51-45(62)38(56(8)9)21-30(2)69-51)31(3)46(32(4)50(65)71-40-14-17-54(40,67)39(59)28-57(10)26-29)73-42-25-53(7,68-11)48(33(5)70-42)72-41(60)15-19-55-18-12-13-34-22-35-16-20-58-27-37(49(63)64)44(61)36(23-34)43(35)58/h22-23,27,29-33,38-40,42,45-48,51,55,59,62,66-67H,12-21,24-26,28H2,1-11H3,(H,63,64)/t29-,30-,31+,32-,33+,38+,39+,40-,42+,45-,46+,47-,48+,51+,52-,53-,54+/m1/s1. The summed E-state index contributed by atoms with van der Waals surface area (Å²) in [5.74, 6) is -4.44. The van der Waals surface area contributed by atoms with Crippen LogP contribution in [-0.4, -0.2) is 196 Å². The number of carbonyl (C=O) groups is 3. The van der Waals surface area contributed by atoms with Gasteiger partial charge >= 0.3 is 17.9 Å². The molecule has 20 nitrogen and oxygen atoms in total. The van der Waals surface area contributed by atoms with Crippen molar-refractivity contribution < 1.29 is 73.1 Å². The maximum absolute atomic E-state index is 14.4. The van der Waals surface area contributed by atoms with Crippen molar-refractivity contribution in [2.24, 2.45) is 17.8 Å². The number of aromatic nitrogens is 1. The highest BCUT2D eigenvalue weighted by Gasteiger charge is 2.56. The molecular weight excluding hydrogens is 961 g/mol. The number of ether oxygens (including phenoxy) is 7. The molecule has 4 fully saturated rings. The first kappa shape index (κ1) is 58.1. The molecule has 1 aromatic carbocycles. The maximum Gasteiger partial charge on any atom is 0.341 e. The van der Waals surface area contributed by atoms with Gasteiger partial charge < -0.3 is 78.4 Å². The van der Waals surface area contributed by atoms with E-state index in [2.05, 4.69) is 11.4 Å². The molecule has 74 heavy (non-hydrogen) atoms. The van der Waals surface area contributed by atoms with Crippen LogP contribution in [0.15, 0.2) is 23.1 Å². The summed E-state index contributed by atoms with van der Waals surface area (Å²) in [4.78, 5) is 56.4. The average Bonchev–Trinajstić information content (AvgIpc) is 3.74. The number of β-amino-alcohol motifs (C(OH)–C–C–N with tert-alkyl or cyclic N) is 1. The lowest BCUT2D eigenvalue weighted by molar-refractivity contribution is -0.319. The SMILES string of the molecule is CO[C@]1(C)C[C@H](O[C@H]2[C@H](C)[C@@H](O[C@@H]3O[C@H](C)C[C@H](N(C)C)[C@H]3O)[C@](C)(O)C[C@@H](C)CN(C)C[C@H](O)[C@@]3(O)CC[C@H]3OC(=O)[C@@H]2C)O[C@@H](C)[C@@H]1OC(=O)CCNCCCc1cc2c3c(c1)c(=O)c(C(=O)O)cn3CC2. The van der Waals surface area contributed by atoms with Crippen molar-refractivity contribution in [3.8, 4) is 0 Å². The number of benzene rings is 1. The second kappa shape index (κ2) is 23.5. The van der Waals surface area contributed by atoms with Crippen LogP contribution in [0.3, 0.4) is 0 Å². The molecule has 1 aliphatic carbocycles. The van der Waals surface area contributed by atoms with Gasteiger partial charge in [-0.3, -0.25) is 14.4 Å². The number of aryl methyl sites for hydroxylation is 3. The van der Waals surface area contributed by atoms with Gasteiger partial charge in [0.05, 0.1) is 54.0 Å². The fourth-order valence-corrected chi connectivity index (χ4v) is 12.4. The summed E-state index contributed by atoms with van der Waals surface area (Å²) in [6.45, 7) is 14.6. The predicted octanol–water partition coefficient (Wildman–Crippen LogP) is 2.61. The third-order valence-corrected chi connectivity index (χ3v) is 16.6. The molecule has 0 amide bonds. The van der Waals surface area contributed by atoms with Crippen LogP contribution in [0.4, 0.5) is 0 Å². The molecule has 3 saturated heterocycles. The van der Waals surface area contributed by atoms with E-state index in [0.717, 1.165) is 23.1 Å². The van der Waals surface area contributed by atoms with E-state index < -0.39 is 107 Å². The molecule has 1 saturated carbocycles. The average molecular weight is 1050 g/mol. The van der Waals surface area contributed by atoms with Gasteiger partial charge in [-0.15, -0.1) is 0 Å². The Kier molecular flexibility index (Phi) is 18.5. The number of nitrogens with zero attached hydrogens (tertiary/aromatic N) is 3. The number of aliphatic hydroxyl groups excluding tert-OH is 2. The van der Waals surface area contributed by atoms with Crippen LogP contribution in [-0.2, 0) is 62.1 Å². The second-order valence-corrected chi connectivity index (χ2v) is 23.0. The number of carbonyl (C=O) groups excluding carboxylic acids is 2. The second-order valence-electron chi connectivity index (χ2n) is 23.0. The van der Waals surface area contributed by atoms with E-state index in [1.807, 2.05) is 56.3 Å². The van der Waals surface area contributed by atoms with Crippen molar-refractivity contribution >= 4 is 28.8 Å². The van der Waals surface area contributed by atoms with Crippen LogP contribution in [0.1, 0.15) is 115 Å². The van der Waals surface area contributed by atoms with E-state index in [-0.39, 0.29) is 55.9 Å². The van der Waals surface area contributed by atoms with Gasteiger partial charge in [-0.1, -0.05) is 19.9 Å². The summed E-state index contributed by atoms with van der Waals surface area (Å²) in [6.07, 6.45) is -4.62. The fraction of sp³-hybridized carbons (Fsp3) is 0.778. The number of carboxylic acids is 1. The molecule has 0 radical (unpaired) electrons. The van der Waals surface area contributed by atoms with Gasteiger partial charge in [0.15, 0.2) is 18.7 Å². The zero-order valence-electron chi connectivity index (χ0n) is 45.3. The summed E-state index contributed by atoms with van der Waals surface area (Å²) in [7, 11) is 7.09. The Morgan fingerprint density at radius 2 is 1.70 bits per heavy atom. The fourth-order valence-electron chi connectivity index (χ4n) is 12.4. The van der Waals surface area contributed by atoms with E-state index >= 15 is 0 Å². The molecule has 5 heterocycles. The van der Waals surface area contributed by atoms with Crippen molar-refractivity contribution in [2.75, 3.05) is 54.4 Å². The number of carboxylic acid groups (broad SMARTS) is 1. The van der Waals surface area contributed by atoms with Gasteiger partial charge in [0, 0.05) is 63.3 Å². The van der Waals surface area contributed by atoms with Crippen molar-refractivity contribution in [1.82, 2.24) is 19.7 Å². The summed E-state index contributed by atoms with van der Waals surface area (Å²) in [6, 6.07) is 3.56. The zero-order chi connectivity index (χ0) is 54.2. The molecule has 0 unspecified atom stereocenters. The van der Waals surface area contributed by atoms with Crippen LogP contribution in [0, 0.1) is 17.8 Å². The topological polar surface area (TPSA) is 257 Å². The Hall–Kier alpha value is -3.64. The highest BCUT2D eigenvalue weighted by Crippen LogP contribution is 2.43. The number of hydrogen-bond donors (Lipinski definition) is 6. The highest BCUT2D eigenvalue weighted by molar-refractivity contribution is 5.94. The van der Waals surface area contributed by atoms with E-state index in [4.69, 9.17) is 33.2 Å². The van der Waals surface area contributed by atoms with Crippen LogP contribution < -0.4 is 10.7 Å². The number of aromatic carboxylic acids is 1. The normalized spacial score (nSPS) is 38.4. The summed E-state index contributed by atoms with van der Waals surface area (Å²) >= 11 is 0. The van der Waals surface area contributed by atoms with E-state index in [9.17, 15) is 44.7 Å². The van der Waals surface area contributed by atoms with Gasteiger partial charge in [-0.25, -0.2) is 4.79 Å². The van der Waals surface area contributed by atoms with Crippen molar-refractivity contribution in [3.63, 3.8) is 0 Å². The quantitative estimate of drug-likeness (QED) is 0.111. The van der Waals surface area contributed by atoms with Crippen molar-refractivity contribution in [1.29, 1.82) is 0 Å². The summed E-state index contributed by atoms with van der Waals surface area (Å²) in [5.41, 5.74) is -2.34. The minimum absolute atomic E-state index is 0.0522. The number of pyridine rings is 1. The number of nitrogens with one attached hydrogen (secondary N) is 1. The molecule has 1 aromatic heterocycles. The number of methoxy groups -OCH3 is 1. The van der Waals surface area contributed by atoms with Gasteiger partial charge in [0.1, 0.15) is 29.0 Å². The minimum atomic E-state index is -1.66. The number of hydrogen-bond acceptors (Lipinski definition) is 18. The van der Waals surface area contributed by atoms with Crippen LogP contribution in [0.25, 0.3) is 10.9 Å². The third-order valence-electron chi connectivity index (χ3n) is 16.6. The lowest BCUT2D eigenvalue weighted by Crippen LogP contribution is -2.64. The lowest BCUT2D eigenvalue weighted by atomic mass is 9.72. The molecule has 17 atom stereocenters. The Morgan fingerprint density at radius 3 is 2.36 bits per heavy atom. The molecule has 20 heteroatoms. The molecule has 6 N–H and O–H groups in total. The molecule has 2 aromatic rings. The van der Waals surface area contributed by atoms with Crippen molar-refractivity contribution in [3.05, 3.63) is 45.2 Å². The maximum atomic E-state index is 14.4. The first-order chi connectivity index (χ1) is 34.8. The van der Waals surface area contributed by atoms with E-state index in [0.29, 0.717) is 57.2 Å². The summed E-state index contributed by atoms with van der Waals surface area (Å²) in [5, 5.41) is 60.7. The molecule has 7 rings (SSSR count). The van der Waals surface area contributed by atoms with Gasteiger partial charge in [-0.2, -0.15) is 0 Å². The monoisotopic (exact) mass is 1040 g/mol. The number of aliphatic hydroxyl groups is 4. The Bertz CT molecular complexity index is 2370. The van der Waals surface area contributed by atoms with Crippen LogP contribution in [0.2, 0.25) is 0 Å². The first-order valence-corrected chi connectivity index (χ1v) is 26.6. The van der Waals surface area contributed by atoms with Gasteiger partial charge in [0.25, 0.3) is 0 Å². The highest BCUT2D eigenvalue weighted by atomic mass is 16.7. The predicted molar refractivity (Wildman–Crippen MR) is 271 cm³/mol. The van der Waals surface area contributed by atoms with Gasteiger partial charge in [0.2, 0.25) is 5.43 Å². The van der Waals surface area contributed by atoms with E-state index in [1.54, 1.807) is 33.8 Å². The Labute approximate surface area is 434 Å². The molecule has 5 aliphatic rings. The largest absolute Gasteiger partial charge is 0.477 e. The molecular formula is C54H84N4O16. The summed E-state index contributed by atoms with van der Waals surface area (Å²) < 4.78 is 46.5. The van der Waals surface area contributed by atoms with Crippen molar-refractivity contribution in [2.45, 2.75) is 197 Å². The smallest absolute Gasteiger partial charge is 0.341 e. The molecule has 0 spiro atoms. The number of fused-ring (bicyclic) bond motifs is 1. The number of rotatable bonds is 15. The van der Waals surface area contributed by atoms with Gasteiger partial charge in [-0.05, 0) is 130 Å². The lowest BCUT2D eigenvalue weighted by Gasteiger charge is -2.49. The Balaban J connectivity index is 1.04. The Morgan fingerprint density at radius 1 is 0.973 bits per heavy atom. The molecule has 4 aliphatic heterocycles.